The Bertz CT molecular complexity index is 954. The first-order chi connectivity index (χ1) is 13.0. The van der Waals surface area contributed by atoms with Gasteiger partial charge in [-0.1, -0.05) is 12.1 Å². The topological polar surface area (TPSA) is 76.1 Å². The van der Waals surface area contributed by atoms with Gasteiger partial charge in [0.25, 0.3) is 0 Å². The molecule has 0 bridgehead atoms. The largest absolute Gasteiger partial charge is 0.492 e. The van der Waals surface area contributed by atoms with E-state index in [2.05, 4.69) is 34.4 Å². The van der Waals surface area contributed by atoms with Crippen LogP contribution in [0.2, 0.25) is 0 Å². The van der Waals surface area contributed by atoms with E-state index < -0.39 is 6.04 Å². The number of amides is 1. The Hall–Kier alpha value is -2.67. The molecule has 0 unspecified atom stereocenters. The number of fused-ring (bicyclic) bond motifs is 1. The first-order valence-corrected chi connectivity index (χ1v) is 9.71. The number of benzene rings is 1. The lowest BCUT2D eigenvalue weighted by Crippen LogP contribution is -2.39. The van der Waals surface area contributed by atoms with E-state index in [-0.39, 0.29) is 5.91 Å². The summed E-state index contributed by atoms with van der Waals surface area (Å²) in [6.45, 7) is 8.81. The number of ether oxygens (including phenoxy) is 1. The van der Waals surface area contributed by atoms with Crippen molar-refractivity contribution in [1.82, 2.24) is 15.3 Å². The molecule has 3 aromatic rings. The fourth-order valence-electron chi connectivity index (χ4n) is 2.76. The third-order valence-corrected chi connectivity index (χ3v) is 5.49. The summed E-state index contributed by atoms with van der Waals surface area (Å²) in [6.07, 6.45) is 1.53. The standard InChI is InChI=1S/C20H24N4O2S/c1-12-6-5-7-16(10-12)26-9-8-21-19(25)14(3)24-18-17-13(2)15(4)27-20(17)23-11-22-18/h5-7,10-11,14H,8-9H2,1-4H3,(H,21,25)(H,22,23,24)/t14-/m1/s1. The van der Waals surface area contributed by atoms with Crippen LogP contribution in [-0.2, 0) is 4.79 Å². The van der Waals surface area contributed by atoms with E-state index in [1.807, 2.05) is 38.1 Å². The van der Waals surface area contributed by atoms with Crippen molar-refractivity contribution in [3.8, 4) is 5.75 Å². The van der Waals surface area contributed by atoms with Crippen molar-refractivity contribution in [2.75, 3.05) is 18.5 Å². The van der Waals surface area contributed by atoms with Gasteiger partial charge in [0.15, 0.2) is 0 Å². The van der Waals surface area contributed by atoms with Gasteiger partial charge in [-0.25, -0.2) is 9.97 Å². The van der Waals surface area contributed by atoms with Crippen LogP contribution in [0.4, 0.5) is 5.82 Å². The number of carbonyl (C=O) groups excluding carboxylic acids is 1. The van der Waals surface area contributed by atoms with Gasteiger partial charge in [-0.3, -0.25) is 4.79 Å². The summed E-state index contributed by atoms with van der Waals surface area (Å²) >= 11 is 1.64. The second kappa shape index (κ2) is 8.35. The van der Waals surface area contributed by atoms with E-state index in [1.54, 1.807) is 11.3 Å². The maximum atomic E-state index is 12.4. The maximum absolute atomic E-state index is 12.4. The molecule has 0 spiro atoms. The average molecular weight is 385 g/mol. The Labute approximate surface area is 163 Å². The summed E-state index contributed by atoms with van der Waals surface area (Å²) in [5.41, 5.74) is 2.29. The highest BCUT2D eigenvalue weighted by Gasteiger charge is 2.17. The fraction of sp³-hybridized carbons (Fsp3) is 0.350. The molecule has 7 heteroatoms. The van der Waals surface area contributed by atoms with Gasteiger partial charge in [0, 0.05) is 4.88 Å². The van der Waals surface area contributed by atoms with Crippen molar-refractivity contribution < 1.29 is 9.53 Å². The van der Waals surface area contributed by atoms with Gasteiger partial charge >= 0.3 is 0 Å². The SMILES string of the molecule is Cc1cccc(OCCNC(=O)[C@@H](C)Nc2ncnc3sc(C)c(C)c23)c1. The minimum Gasteiger partial charge on any atom is -0.492 e. The molecule has 0 aliphatic rings. The average Bonchev–Trinajstić information content (AvgIpc) is 2.93. The molecule has 0 saturated carbocycles. The molecule has 0 saturated heterocycles. The zero-order chi connectivity index (χ0) is 19.4. The second-order valence-corrected chi connectivity index (χ2v) is 7.71. The Morgan fingerprint density at radius 2 is 2.07 bits per heavy atom. The molecule has 6 nitrogen and oxygen atoms in total. The van der Waals surface area contributed by atoms with Crippen molar-refractivity contribution >= 4 is 33.3 Å². The molecule has 0 radical (unpaired) electrons. The normalized spacial score (nSPS) is 12.0. The Kier molecular flexibility index (Phi) is 5.91. The van der Waals surface area contributed by atoms with Gasteiger partial charge < -0.3 is 15.4 Å². The smallest absolute Gasteiger partial charge is 0.242 e. The molecule has 0 fully saturated rings. The van der Waals surface area contributed by atoms with Crippen LogP contribution < -0.4 is 15.4 Å². The van der Waals surface area contributed by atoms with Crippen molar-refractivity contribution in [3.63, 3.8) is 0 Å². The zero-order valence-electron chi connectivity index (χ0n) is 16.0. The summed E-state index contributed by atoms with van der Waals surface area (Å²) < 4.78 is 5.66. The Morgan fingerprint density at radius 1 is 1.26 bits per heavy atom. The number of aromatic nitrogens is 2. The van der Waals surface area contributed by atoms with Crippen molar-refractivity contribution in [3.05, 3.63) is 46.6 Å². The number of nitrogens with zero attached hydrogens (tertiary/aromatic N) is 2. The van der Waals surface area contributed by atoms with Gasteiger partial charge in [0.05, 0.1) is 11.9 Å². The van der Waals surface area contributed by atoms with Crippen LogP contribution in [0.3, 0.4) is 0 Å². The number of nitrogens with one attached hydrogen (secondary N) is 2. The maximum Gasteiger partial charge on any atom is 0.242 e. The molecule has 27 heavy (non-hydrogen) atoms. The predicted molar refractivity (Wildman–Crippen MR) is 110 cm³/mol. The number of carbonyl (C=O) groups is 1. The Balaban J connectivity index is 1.54. The van der Waals surface area contributed by atoms with Crippen LogP contribution in [0.25, 0.3) is 10.2 Å². The molecule has 2 heterocycles. The summed E-state index contributed by atoms with van der Waals surface area (Å²) in [5.74, 6) is 1.40. The first-order valence-electron chi connectivity index (χ1n) is 8.90. The summed E-state index contributed by atoms with van der Waals surface area (Å²) in [4.78, 5) is 23.2. The van der Waals surface area contributed by atoms with Gasteiger partial charge in [-0.05, 0) is 51.0 Å². The summed E-state index contributed by atoms with van der Waals surface area (Å²) in [6, 6.07) is 7.43. The molecule has 1 amide bonds. The lowest BCUT2D eigenvalue weighted by molar-refractivity contribution is -0.121. The molecule has 1 atom stereocenters. The van der Waals surface area contributed by atoms with Gasteiger partial charge in [-0.2, -0.15) is 0 Å². The molecule has 142 valence electrons. The summed E-state index contributed by atoms with van der Waals surface area (Å²) in [7, 11) is 0. The molecule has 1 aromatic carbocycles. The molecular weight excluding hydrogens is 360 g/mol. The highest BCUT2D eigenvalue weighted by Crippen LogP contribution is 2.32. The molecule has 2 N–H and O–H groups in total. The number of aryl methyl sites for hydroxylation is 3. The van der Waals surface area contributed by atoms with E-state index in [0.29, 0.717) is 19.0 Å². The number of rotatable bonds is 7. The molecule has 2 aromatic heterocycles. The molecular formula is C20H24N4O2S. The number of thiophene rings is 1. The van der Waals surface area contributed by atoms with E-state index in [0.717, 1.165) is 27.1 Å². The number of anilines is 1. The van der Waals surface area contributed by atoms with Crippen molar-refractivity contribution in [2.45, 2.75) is 33.7 Å². The van der Waals surface area contributed by atoms with Crippen molar-refractivity contribution in [2.24, 2.45) is 0 Å². The second-order valence-electron chi connectivity index (χ2n) is 6.51. The molecule has 3 rings (SSSR count). The van der Waals surface area contributed by atoms with Crippen LogP contribution in [0, 0.1) is 20.8 Å². The van der Waals surface area contributed by atoms with Crippen molar-refractivity contribution in [1.29, 1.82) is 0 Å². The van der Waals surface area contributed by atoms with E-state index in [9.17, 15) is 4.79 Å². The van der Waals surface area contributed by atoms with E-state index >= 15 is 0 Å². The minimum atomic E-state index is -0.415. The predicted octanol–water partition coefficient (Wildman–Crippen LogP) is 3.61. The number of hydrogen-bond donors (Lipinski definition) is 2. The van der Waals surface area contributed by atoms with Crippen LogP contribution in [0.1, 0.15) is 22.9 Å². The van der Waals surface area contributed by atoms with Crippen LogP contribution in [-0.4, -0.2) is 35.1 Å². The van der Waals surface area contributed by atoms with Crippen LogP contribution in [0.15, 0.2) is 30.6 Å². The molecule has 0 aliphatic heterocycles. The minimum absolute atomic E-state index is 0.0980. The van der Waals surface area contributed by atoms with Gasteiger partial charge in [-0.15, -0.1) is 11.3 Å². The van der Waals surface area contributed by atoms with Crippen LogP contribution in [0.5, 0.6) is 5.75 Å². The molecule has 0 aliphatic carbocycles. The third kappa shape index (κ3) is 4.54. The van der Waals surface area contributed by atoms with E-state index in [4.69, 9.17) is 4.74 Å². The number of hydrogen-bond acceptors (Lipinski definition) is 6. The lowest BCUT2D eigenvalue weighted by Gasteiger charge is -2.15. The fourth-order valence-corrected chi connectivity index (χ4v) is 3.76. The monoisotopic (exact) mass is 384 g/mol. The Morgan fingerprint density at radius 3 is 2.85 bits per heavy atom. The zero-order valence-corrected chi connectivity index (χ0v) is 16.8. The van der Waals surface area contributed by atoms with Crippen LogP contribution >= 0.6 is 11.3 Å². The third-order valence-electron chi connectivity index (χ3n) is 4.37. The first kappa shape index (κ1) is 19.1. The van der Waals surface area contributed by atoms with E-state index in [1.165, 1.54) is 11.2 Å². The highest BCUT2D eigenvalue weighted by molar-refractivity contribution is 7.18. The highest BCUT2D eigenvalue weighted by atomic mass is 32.1. The summed E-state index contributed by atoms with van der Waals surface area (Å²) in [5, 5.41) is 7.08. The lowest BCUT2D eigenvalue weighted by atomic mass is 10.2. The quantitative estimate of drug-likeness (QED) is 0.609. The van der Waals surface area contributed by atoms with Gasteiger partial charge in [0.2, 0.25) is 5.91 Å². The van der Waals surface area contributed by atoms with Gasteiger partial charge in [0.1, 0.15) is 35.4 Å².